The average Bonchev–Trinajstić information content (AvgIpc) is 2.43. The molecule has 2 heterocycles. The summed E-state index contributed by atoms with van der Waals surface area (Å²) in [6, 6.07) is 1.55. The summed E-state index contributed by atoms with van der Waals surface area (Å²) in [6.45, 7) is 6.08. The van der Waals surface area contributed by atoms with Crippen molar-refractivity contribution >= 4 is 5.82 Å². The molecule has 3 nitrogen and oxygen atoms in total. The lowest BCUT2D eigenvalue weighted by atomic mass is 9.81. The number of halogens is 1. The largest absolute Gasteiger partial charge is 0.383 e. The van der Waals surface area contributed by atoms with Crippen molar-refractivity contribution in [2.45, 2.75) is 45.4 Å². The molecule has 0 aliphatic carbocycles. The van der Waals surface area contributed by atoms with Crippen molar-refractivity contribution in [2.75, 3.05) is 18.9 Å². The van der Waals surface area contributed by atoms with Crippen LogP contribution in [0.4, 0.5) is 10.2 Å². The predicted octanol–water partition coefficient (Wildman–Crippen LogP) is 3.75. The van der Waals surface area contributed by atoms with Gasteiger partial charge in [-0.2, -0.15) is 0 Å². The van der Waals surface area contributed by atoms with Crippen molar-refractivity contribution in [3.05, 3.63) is 23.6 Å². The van der Waals surface area contributed by atoms with Crippen LogP contribution in [0.1, 0.15) is 51.0 Å². The van der Waals surface area contributed by atoms with Gasteiger partial charge in [0, 0.05) is 18.8 Å². The molecule has 2 rings (SSSR count). The Labute approximate surface area is 120 Å². The van der Waals surface area contributed by atoms with Crippen LogP contribution in [0, 0.1) is 17.7 Å². The molecule has 0 unspecified atom stereocenters. The van der Waals surface area contributed by atoms with Crippen LogP contribution >= 0.6 is 0 Å². The molecular weight excluding hydrogens is 255 g/mol. The van der Waals surface area contributed by atoms with E-state index in [1.807, 2.05) is 0 Å². The van der Waals surface area contributed by atoms with Crippen molar-refractivity contribution in [1.82, 2.24) is 4.98 Å². The van der Waals surface area contributed by atoms with E-state index in [-0.39, 0.29) is 11.7 Å². The van der Waals surface area contributed by atoms with E-state index in [4.69, 9.17) is 10.5 Å². The van der Waals surface area contributed by atoms with Gasteiger partial charge in [0.1, 0.15) is 11.6 Å². The zero-order valence-corrected chi connectivity index (χ0v) is 12.4. The summed E-state index contributed by atoms with van der Waals surface area (Å²) in [5.41, 5.74) is 6.81. The van der Waals surface area contributed by atoms with E-state index in [0.29, 0.717) is 11.7 Å². The van der Waals surface area contributed by atoms with E-state index in [0.717, 1.165) is 50.4 Å². The van der Waals surface area contributed by atoms with Crippen molar-refractivity contribution in [1.29, 1.82) is 0 Å². The summed E-state index contributed by atoms with van der Waals surface area (Å²) >= 11 is 0. The second-order valence-corrected chi connectivity index (χ2v) is 6.11. The van der Waals surface area contributed by atoms with Gasteiger partial charge in [-0.05, 0) is 49.5 Å². The monoisotopic (exact) mass is 280 g/mol. The fourth-order valence-electron chi connectivity index (χ4n) is 3.06. The Morgan fingerprint density at radius 3 is 2.75 bits per heavy atom. The maximum atomic E-state index is 13.4. The minimum atomic E-state index is -0.300. The molecular formula is C16H25FN2O. The van der Waals surface area contributed by atoms with Crippen LogP contribution in [0.25, 0.3) is 0 Å². The van der Waals surface area contributed by atoms with Crippen molar-refractivity contribution in [2.24, 2.45) is 11.8 Å². The number of hydrogen-bond donors (Lipinski definition) is 1. The molecule has 112 valence electrons. The quantitative estimate of drug-likeness (QED) is 0.893. The molecule has 1 atom stereocenters. The third-order valence-corrected chi connectivity index (χ3v) is 4.35. The lowest BCUT2D eigenvalue weighted by Crippen LogP contribution is -2.18. The number of nitrogens with zero attached hydrogens (tertiary/aromatic N) is 1. The van der Waals surface area contributed by atoms with Crippen molar-refractivity contribution < 1.29 is 9.13 Å². The molecule has 1 aliphatic rings. The second-order valence-electron chi connectivity index (χ2n) is 6.11. The van der Waals surface area contributed by atoms with Gasteiger partial charge in [-0.25, -0.2) is 9.37 Å². The van der Waals surface area contributed by atoms with Crippen LogP contribution in [0.2, 0.25) is 0 Å². The summed E-state index contributed by atoms with van der Waals surface area (Å²) in [7, 11) is 0. The van der Waals surface area contributed by atoms with E-state index >= 15 is 0 Å². The minimum absolute atomic E-state index is 0.279. The highest BCUT2D eigenvalue weighted by atomic mass is 19.1. The van der Waals surface area contributed by atoms with Gasteiger partial charge in [-0.1, -0.05) is 13.8 Å². The summed E-state index contributed by atoms with van der Waals surface area (Å²) in [5, 5.41) is 0. The molecule has 4 heteroatoms. The fraction of sp³-hybridized carbons (Fsp3) is 0.688. The molecule has 0 radical (unpaired) electrons. The number of aromatic nitrogens is 1. The number of anilines is 1. The standard InChI is InChI=1S/C16H25FN2O/c1-11(2)14(4-3-12-5-7-20-8-6-12)15-9-13(17)10-19-16(15)18/h9-12,14H,3-8H2,1-2H3,(H2,18,19)/t14-/m0/s1. The Bertz CT molecular complexity index is 430. The molecule has 20 heavy (non-hydrogen) atoms. The molecule has 0 spiro atoms. The Kier molecular flexibility index (Phi) is 5.35. The van der Waals surface area contributed by atoms with E-state index in [1.54, 1.807) is 6.07 Å². The zero-order valence-electron chi connectivity index (χ0n) is 12.4. The molecule has 2 N–H and O–H groups in total. The lowest BCUT2D eigenvalue weighted by Gasteiger charge is -2.27. The topological polar surface area (TPSA) is 48.1 Å². The van der Waals surface area contributed by atoms with Crippen LogP contribution in [0.3, 0.4) is 0 Å². The highest BCUT2D eigenvalue weighted by molar-refractivity contribution is 5.41. The normalized spacial score (nSPS) is 18.4. The van der Waals surface area contributed by atoms with Gasteiger partial charge in [0.05, 0.1) is 6.20 Å². The van der Waals surface area contributed by atoms with E-state index in [1.165, 1.54) is 6.20 Å². The van der Waals surface area contributed by atoms with Gasteiger partial charge in [-0.15, -0.1) is 0 Å². The van der Waals surface area contributed by atoms with Crippen LogP contribution < -0.4 is 5.73 Å². The molecule has 1 fully saturated rings. The number of nitrogens with two attached hydrogens (primary N) is 1. The Morgan fingerprint density at radius 1 is 1.40 bits per heavy atom. The molecule has 1 saturated heterocycles. The molecule has 1 aromatic heterocycles. The first kappa shape index (κ1) is 15.2. The van der Waals surface area contributed by atoms with E-state index < -0.39 is 0 Å². The number of ether oxygens (including phenoxy) is 1. The summed E-state index contributed by atoms with van der Waals surface area (Å²) in [6.07, 6.45) is 5.66. The number of nitrogen functional groups attached to an aromatic ring is 1. The van der Waals surface area contributed by atoms with Crippen LogP contribution in [-0.2, 0) is 4.74 Å². The SMILES string of the molecule is CC(C)[C@H](CCC1CCOCC1)c1cc(F)cnc1N. The van der Waals surface area contributed by atoms with Crippen molar-refractivity contribution in [3.63, 3.8) is 0 Å². The molecule has 1 aliphatic heterocycles. The van der Waals surface area contributed by atoms with Gasteiger partial charge < -0.3 is 10.5 Å². The lowest BCUT2D eigenvalue weighted by molar-refractivity contribution is 0.0623. The molecule has 0 aromatic carbocycles. The Morgan fingerprint density at radius 2 is 2.10 bits per heavy atom. The fourth-order valence-corrected chi connectivity index (χ4v) is 3.06. The average molecular weight is 280 g/mol. The third kappa shape index (κ3) is 3.92. The third-order valence-electron chi connectivity index (χ3n) is 4.35. The van der Waals surface area contributed by atoms with Crippen LogP contribution in [0.5, 0.6) is 0 Å². The zero-order chi connectivity index (χ0) is 14.5. The first-order valence-corrected chi connectivity index (χ1v) is 7.56. The van der Waals surface area contributed by atoms with Gasteiger partial charge >= 0.3 is 0 Å². The first-order valence-electron chi connectivity index (χ1n) is 7.56. The molecule has 0 amide bonds. The van der Waals surface area contributed by atoms with Gasteiger partial charge in [-0.3, -0.25) is 0 Å². The summed E-state index contributed by atoms with van der Waals surface area (Å²) in [4.78, 5) is 3.96. The van der Waals surface area contributed by atoms with Gasteiger partial charge in [0.25, 0.3) is 0 Å². The van der Waals surface area contributed by atoms with Crippen LogP contribution in [-0.4, -0.2) is 18.2 Å². The molecule has 0 saturated carbocycles. The van der Waals surface area contributed by atoms with Gasteiger partial charge in [0.2, 0.25) is 0 Å². The Hall–Kier alpha value is -1.16. The number of hydrogen-bond acceptors (Lipinski definition) is 3. The summed E-state index contributed by atoms with van der Waals surface area (Å²) in [5.74, 6) is 1.61. The maximum absolute atomic E-state index is 13.4. The molecule has 0 bridgehead atoms. The van der Waals surface area contributed by atoms with E-state index in [9.17, 15) is 4.39 Å². The van der Waals surface area contributed by atoms with E-state index in [2.05, 4.69) is 18.8 Å². The minimum Gasteiger partial charge on any atom is -0.383 e. The second kappa shape index (κ2) is 7.02. The first-order chi connectivity index (χ1) is 9.58. The predicted molar refractivity (Wildman–Crippen MR) is 79.0 cm³/mol. The smallest absolute Gasteiger partial charge is 0.141 e. The number of pyridine rings is 1. The van der Waals surface area contributed by atoms with Gasteiger partial charge in [0.15, 0.2) is 0 Å². The van der Waals surface area contributed by atoms with Crippen molar-refractivity contribution in [3.8, 4) is 0 Å². The maximum Gasteiger partial charge on any atom is 0.141 e. The highest BCUT2D eigenvalue weighted by Crippen LogP contribution is 2.35. The number of rotatable bonds is 5. The summed E-state index contributed by atoms with van der Waals surface area (Å²) < 4.78 is 18.8. The molecule has 1 aromatic rings. The Balaban J connectivity index is 2.04. The highest BCUT2D eigenvalue weighted by Gasteiger charge is 2.22. The van der Waals surface area contributed by atoms with Crippen LogP contribution in [0.15, 0.2) is 12.3 Å².